The van der Waals surface area contributed by atoms with Crippen LogP contribution in [0.1, 0.15) is 0 Å². The number of hydrogen-bond acceptors (Lipinski definition) is 11. The van der Waals surface area contributed by atoms with Crippen LogP contribution >= 0.6 is 31.3 Å². The van der Waals surface area contributed by atoms with Crippen molar-refractivity contribution in [1.82, 2.24) is 0 Å². The van der Waals surface area contributed by atoms with Gasteiger partial charge in [-0.25, -0.2) is 23.1 Å². The van der Waals surface area contributed by atoms with Crippen molar-refractivity contribution in [2.24, 2.45) is 0 Å². The minimum atomic E-state index is -5.59. The monoisotopic (exact) mass is 530 g/mol. The second-order valence-electron chi connectivity index (χ2n) is 5.51. The average molecular weight is 530 g/mol. The normalized spacial score (nSPS) is 31.7. The van der Waals surface area contributed by atoms with E-state index in [1.165, 1.54) is 0 Å². The SMILES string of the molecule is COC1C(OP(=O)(O)O)[C@H](OP(=O)(O)O)C(OO)C(OP(=O)(O)O)[C@@H]1OP(=O)(O)O. The molecule has 0 aliphatic heterocycles. The van der Waals surface area contributed by atoms with Gasteiger partial charge in [0.05, 0.1) is 0 Å². The maximum atomic E-state index is 11.3. The van der Waals surface area contributed by atoms with E-state index in [-0.39, 0.29) is 0 Å². The van der Waals surface area contributed by atoms with E-state index in [9.17, 15) is 18.3 Å². The lowest BCUT2D eigenvalue weighted by molar-refractivity contribution is -0.342. The van der Waals surface area contributed by atoms with E-state index in [2.05, 4.69) is 23.0 Å². The third kappa shape index (κ3) is 9.05. The molecule has 30 heavy (non-hydrogen) atoms. The van der Waals surface area contributed by atoms with E-state index in [1.807, 2.05) is 0 Å². The predicted molar refractivity (Wildman–Crippen MR) is 86.0 cm³/mol. The summed E-state index contributed by atoms with van der Waals surface area (Å²) in [5.41, 5.74) is 0. The maximum Gasteiger partial charge on any atom is 0.470 e. The van der Waals surface area contributed by atoms with Crippen LogP contribution in [0.5, 0.6) is 0 Å². The number of rotatable bonds is 10. The van der Waals surface area contributed by atoms with Gasteiger partial charge in [0.25, 0.3) is 0 Å². The molecule has 0 radical (unpaired) electrons. The predicted octanol–water partition coefficient (Wildman–Crippen LogP) is -2.22. The fourth-order valence-corrected chi connectivity index (χ4v) is 4.85. The second-order valence-corrected chi connectivity index (χ2v) is 10.3. The first-order chi connectivity index (χ1) is 13.3. The molecule has 0 aromatic heterocycles. The molecular weight excluding hydrogens is 512 g/mol. The maximum absolute atomic E-state index is 11.3. The summed E-state index contributed by atoms with van der Waals surface area (Å²) in [6.07, 6.45) is -14.5. The third-order valence-corrected chi connectivity index (χ3v) is 5.45. The molecule has 0 spiro atoms. The molecule has 23 heteroatoms. The van der Waals surface area contributed by atoms with Crippen molar-refractivity contribution in [3.63, 3.8) is 0 Å². The van der Waals surface area contributed by atoms with Crippen molar-refractivity contribution in [2.45, 2.75) is 36.6 Å². The average Bonchev–Trinajstić information content (AvgIpc) is 2.46. The molecule has 9 N–H and O–H groups in total. The highest BCUT2D eigenvalue weighted by molar-refractivity contribution is 7.47. The Morgan fingerprint density at radius 3 is 0.900 bits per heavy atom. The first-order valence-electron chi connectivity index (χ1n) is 7.07. The Morgan fingerprint density at radius 2 is 0.733 bits per heavy atom. The van der Waals surface area contributed by atoms with Gasteiger partial charge in [-0.15, -0.1) is 0 Å². The summed E-state index contributed by atoms with van der Waals surface area (Å²) in [6, 6.07) is 0. The van der Waals surface area contributed by atoms with Gasteiger partial charge >= 0.3 is 31.3 Å². The number of methoxy groups -OCH3 is 1. The van der Waals surface area contributed by atoms with Gasteiger partial charge in [-0.1, -0.05) is 0 Å². The number of ether oxygens (including phenoxy) is 1. The summed E-state index contributed by atoms with van der Waals surface area (Å²) in [6.45, 7) is 0. The summed E-state index contributed by atoms with van der Waals surface area (Å²) < 4.78 is 66.9. The van der Waals surface area contributed by atoms with Crippen molar-refractivity contribution >= 4 is 31.3 Å². The molecule has 0 aromatic rings. The molecule has 1 fully saturated rings. The highest BCUT2D eigenvalue weighted by Crippen LogP contribution is 2.52. The Balaban J connectivity index is 3.66. The number of phosphoric ester groups is 4. The minimum Gasteiger partial charge on any atom is -0.376 e. The smallest absolute Gasteiger partial charge is 0.376 e. The fraction of sp³-hybridized carbons (Fsp3) is 1.00. The molecule has 6 atom stereocenters. The summed E-state index contributed by atoms with van der Waals surface area (Å²) in [7, 11) is -21.6. The summed E-state index contributed by atoms with van der Waals surface area (Å²) in [4.78, 5) is 76.2. The van der Waals surface area contributed by atoms with Crippen LogP contribution in [-0.2, 0) is 46.0 Å². The highest BCUT2D eigenvalue weighted by Gasteiger charge is 2.60. The van der Waals surface area contributed by atoms with Gasteiger partial charge in [-0.05, 0) is 0 Å². The first kappa shape index (κ1) is 28.4. The Morgan fingerprint density at radius 1 is 0.500 bits per heavy atom. The number of phosphoric acid groups is 4. The van der Waals surface area contributed by atoms with Crippen LogP contribution in [0.15, 0.2) is 0 Å². The summed E-state index contributed by atoms with van der Waals surface area (Å²) >= 11 is 0. The van der Waals surface area contributed by atoms with E-state index in [0.29, 0.717) is 0 Å². The van der Waals surface area contributed by atoms with E-state index in [4.69, 9.17) is 49.1 Å². The van der Waals surface area contributed by atoms with Crippen molar-refractivity contribution in [2.75, 3.05) is 7.11 Å². The molecular formula is C7H18O19P4. The molecule has 1 aliphatic carbocycles. The molecule has 1 saturated carbocycles. The van der Waals surface area contributed by atoms with Gasteiger partial charge in [-0.3, -0.25) is 23.4 Å². The topological polar surface area (TPSA) is 306 Å². The summed E-state index contributed by atoms with van der Waals surface area (Å²) in [5, 5.41) is 9.11. The first-order valence-corrected chi connectivity index (χ1v) is 13.2. The Kier molecular flexibility index (Phi) is 9.52. The Hall–Kier alpha value is 0.320. The van der Waals surface area contributed by atoms with Crippen molar-refractivity contribution in [3.05, 3.63) is 0 Å². The molecule has 180 valence electrons. The van der Waals surface area contributed by atoms with Crippen molar-refractivity contribution in [3.8, 4) is 0 Å². The van der Waals surface area contributed by atoms with Gasteiger partial charge in [0.2, 0.25) is 0 Å². The number of hydrogen-bond donors (Lipinski definition) is 9. The zero-order chi connectivity index (χ0) is 23.7. The molecule has 19 nitrogen and oxygen atoms in total. The highest BCUT2D eigenvalue weighted by atomic mass is 31.2. The molecule has 0 bridgehead atoms. The molecule has 0 heterocycles. The standard InChI is InChI=1S/C7H18O19P4/c1-21-2-4(23-27(9,10)11)6(25-29(15,16)17)3(22-8)7(26-30(18,19)20)5(2)24-28(12,13)14/h2-8H,1H3,(H2,9,10,11)(H2,12,13,14)(H2,15,16,17)(H2,18,19,20)/t2?,3?,4-,5?,6?,7-/m1/s1. The molecule has 0 aromatic carbocycles. The van der Waals surface area contributed by atoms with Gasteiger partial charge in [0.1, 0.15) is 30.5 Å². The molecule has 1 aliphatic rings. The van der Waals surface area contributed by atoms with Crippen LogP contribution in [0.3, 0.4) is 0 Å². The van der Waals surface area contributed by atoms with E-state index >= 15 is 0 Å². The molecule has 4 unspecified atom stereocenters. The van der Waals surface area contributed by atoms with Gasteiger partial charge in [-0.2, -0.15) is 0 Å². The quantitative estimate of drug-likeness (QED) is 0.0821. The van der Waals surface area contributed by atoms with Crippen molar-refractivity contribution in [1.29, 1.82) is 0 Å². The Labute approximate surface area is 166 Å². The zero-order valence-corrected chi connectivity index (χ0v) is 17.9. The van der Waals surface area contributed by atoms with Crippen LogP contribution in [0.25, 0.3) is 0 Å². The van der Waals surface area contributed by atoms with Gasteiger partial charge in [0.15, 0.2) is 6.10 Å². The largest absolute Gasteiger partial charge is 0.470 e. The second kappa shape index (κ2) is 10.1. The fourth-order valence-electron chi connectivity index (χ4n) is 2.62. The lowest BCUT2D eigenvalue weighted by atomic mass is 9.85. The van der Waals surface area contributed by atoms with Crippen LogP contribution in [0.4, 0.5) is 0 Å². The van der Waals surface area contributed by atoms with E-state index < -0.39 is 67.9 Å². The minimum absolute atomic E-state index is 0.736. The molecule has 0 saturated heterocycles. The van der Waals surface area contributed by atoms with Crippen LogP contribution in [0, 0.1) is 0 Å². The zero-order valence-electron chi connectivity index (χ0n) is 14.4. The lowest BCUT2D eigenvalue weighted by Crippen LogP contribution is -2.66. The molecule has 0 amide bonds. The van der Waals surface area contributed by atoms with Gasteiger partial charge in [0, 0.05) is 7.11 Å². The van der Waals surface area contributed by atoms with E-state index in [0.717, 1.165) is 7.11 Å². The Bertz CT molecular complexity index is 635. The van der Waals surface area contributed by atoms with Crippen LogP contribution < -0.4 is 0 Å². The van der Waals surface area contributed by atoms with Crippen molar-refractivity contribution < 1.29 is 90.4 Å². The third-order valence-electron chi connectivity index (χ3n) is 3.37. The van der Waals surface area contributed by atoms with Crippen LogP contribution in [0.2, 0.25) is 0 Å². The van der Waals surface area contributed by atoms with Crippen LogP contribution in [-0.4, -0.2) is 88.1 Å². The lowest BCUT2D eigenvalue weighted by Gasteiger charge is -2.47. The van der Waals surface area contributed by atoms with Gasteiger partial charge < -0.3 is 43.9 Å². The molecule has 1 rings (SSSR count). The summed E-state index contributed by atoms with van der Waals surface area (Å²) in [5.74, 6) is 0. The van der Waals surface area contributed by atoms with E-state index in [1.54, 1.807) is 0 Å².